The molecule has 0 radical (unpaired) electrons. The fraction of sp³-hybridized carbons (Fsp3) is 0.667. The second kappa shape index (κ2) is 5.64. The first-order chi connectivity index (χ1) is 5.63. The number of Topliss-reactive ketones (excluding diaryl/α,β-unsaturated/α-hetero) is 1. The van der Waals surface area contributed by atoms with Crippen LogP contribution < -0.4 is 5.32 Å². The lowest BCUT2D eigenvalue weighted by molar-refractivity contribution is -0.135. The van der Waals surface area contributed by atoms with Gasteiger partial charge in [0.25, 0.3) is 0 Å². The molecule has 0 aliphatic rings. The van der Waals surface area contributed by atoms with Gasteiger partial charge in [-0.15, -0.1) is 0 Å². The highest BCUT2D eigenvalue weighted by atomic mass is 16.3. The maximum Gasteiger partial charge on any atom is 0.207 e. The van der Waals surface area contributed by atoms with E-state index in [9.17, 15) is 9.59 Å². The Morgan fingerprint density at radius 1 is 1.50 bits per heavy atom. The van der Waals surface area contributed by atoms with Crippen LogP contribution in [0.2, 0.25) is 0 Å². The van der Waals surface area contributed by atoms with Gasteiger partial charge in [0.2, 0.25) is 6.41 Å². The minimum atomic E-state index is -1.65. The number of aliphatic hydroxyl groups is 3. The fourth-order valence-corrected chi connectivity index (χ4v) is 0.589. The Labute approximate surface area is 68.8 Å². The summed E-state index contributed by atoms with van der Waals surface area (Å²) in [6.07, 6.45) is -2.70. The van der Waals surface area contributed by atoms with Gasteiger partial charge in [0.15, 0.2) is 5.78 Å². The number of carbonyl (C=O) groups excluding carboxylic acids is 2. The number of ketones is 1. The van der Waals surface area contributed by atoms with Crippen molar-refractivity contribution in [1.82, 2.24) is 5.32 Å². The summed E-state index contributed by atoms with van der Waals surface area (Å²) in [5.41, 5.74) is 0. The molecule has 2 unspecified atom stereocenters. The molecule has 2 atom stereocenters. The van der Waals surface area contributed by atoms with E-state index >= 15 is 0 Å². The van der Waals surface area contributed by atoms with Crippen molar-refractivity contribution in [3.63, 3.8) is 0 Å². The molecule has 0 rings (SSSR count). The van der Waals surface area contributed by atoms with Gasteiger partial charge in [0, 0.05) is 6.54 Å². The summed E-state index contributed by atoms with van der Waals surface area (Å²) in [4.78, 5) is 20.3. The third kappa shape index (κ3) is 3.42. The molecule has 0 saturated carbocycles. The third-order valence-electron chi connectivity index (χ3n) is 1.26. The van der Waals surface area contributed by atoms with Gasteiger partial charge in [0.1, 0.15) is 18.8 Å². The molecule has 0 saturated heterocycles. The molecule has 70 valence electrons. The molecular formula is C6H11NO5. The van der Waals surface area contributed by atoms with Crippen LogP contribution in [0.15, 0.2) is 0 Å². The van der Waals surface area contributed by atoms with Crippen molar-refractivity contribution in [3.8, 4) is 0 Å². The summed E-state index contributed by atoms with van der Waals surface area (Å²) >= 11 is 0. The molecule has 0 aromatic rings. The van der Waals surface area contributed by atoms with E-state index in [-0.39, 0.29) is 6.54 Å². The van der Waals surface area contributed by atoms with E-state index in [1.807, 2.05) is 0 Å². The highest BCUT2D eigenvalue weighted by molar-refractivity contribution is 5.84. The van der Waals surface area contributed by atoms with Gasteiger partial charge >= 0.3 is 0 Å². The Morgan fingerprint density at radius 2 is 2.08 bits per heavy atom. The predicted octanol–water partition coefficient (Wildman–Crippen LogP) is -2.98. The molecular weight excluding hydrogens is 166 g/mol. The number of hydrogen-bond acceptors (Lipinski definition) is 5. The Bertz CT molecular complexity index is 160. The van der Waals surface area contributed by atoms with Gasteiger partial charge in [-0.25, -0.2) is 0 Å². The minimum absolute atomic E-state index is 0.226. The first-order valence-corrected chi connectivity index (χ1v) is 3.30. The van der Waals surface area contributed by atoms with Crippen LogP contribution in [-0.4, -0.2) is 52.9 Å². The number of aliphatic hydroxyl groups excluding tert-OH is 3. The van der Waals surface area contributed by atoms with E-state index < -0.39 is 24.6 Å². The van der Waals surface area contributed by atoms with Gasteiger partial charge in [-0.2, -0.15) is 0 Å². The second-order valence-corrected chi connectivity index (χ2v) is 2.16. The monoisotopic (exact) mass is 177 g/mol. The molecule has 4 N–H and O–H groups in total. The van der Waals surface area contributed by atoms with E-state index in [0.717, 1.165) is 0 Å². The van der Waals surface area contributed by atoms with Gasteiger partial charge in [-0.1, -0.05) is 0 Å². The van der Waals surface area contributed by atoms with Crippen LogP contribution in [0.25, 0.3) is 0 Å². The lowest BCUT2D eigenvalue weighted by Crippen LogP contribution is -2.41. The number of nitrogens with one attached hydrogen (secondary N) is 1. The van der Waals surface area contributed by atoms with Crippen LogP contribution in [0, 0.1) is 0 Å². The van der Waals surface area contributed by atoms with Crippen LogP contribution in [-0.2, 0) is 9.59 Å². The van der Waals surface area contributed by atoms with Crippen molar-refractivity contribution in [3.05, 3.63) is 0 Å². The zero-order valence-corrected chi connectivity index (χ0v) is 6.30. The quantitative estimate of drug-likeness (QED) is 0.324. The van der Waals surface area contributed by atoms with Crippen molar-refractivity contribution in [2.24, 2.45) is 0 Å². The maximum absolute atomic E-state index is 10.5. The maximum atomic E-state index is 10.5. The minimum Gasteiger partial charge on any atom is -0.388 e. The van der Waals surface area contributed by atoms with Crippen LogP contribution >= 0.6 is 0 Å². The molecule has 6 heteroatoms. The number of rotatable bonds is 6. The summed E-state index contributed by atoms with van der Waals surface area (Å²) in [5, 5.41) is 28.2. The van der Waals surface area contributed by atoms with Crippen LogP contribution in [0.4, 0.5) is 0 Å². The standard InChI is InChI=1S/C6H11NO5/c8-2-5(11)6(12)4(10)1-7-3-9/h3-4,6,8,10,12H,1-2H2,(H,7,9). The summed E-state index contributed by atoms with van der Waals surface area (Å²) in [5.74, 6) is -0.879. The molecule has 6 nitrogen and oxygen atoms in total. The van der Waals surface area contributed by atoms with Crippen molar-refractivity contribution in [1.29, 1.82) is 0 Å². The van der Waals surface area contributed by atoms with Crippen LogP contribution in [0.5, 0.6) is 0 Å². The van der Waals surface area contributed by atoms with Gasteiger partial charge in [-0.05, 0) is 0 Å². The highest BCUT2D eigenvalue weighted by Gasteiger charge is 2.22. The van der Waals surface area contributed by atoms with E-state index in [1.165, 1.54) is 0 Å². The van der Waals surface area contributed by atoms with Gasteiger partial charge < -0.3 is 20.6 Å². The van der Waals surface area contributed by atoms with E-state index in [4.69, 9.17) is 15.3 Å². The molecule has 0 aromatic carbocycles. The number of amides is 1. The predicted molar refractivity (Wildman–Crippen MR) is 38.2 cm³/mol. The van der Waals surface area contributed by atoms with Crippen molar-refractivity contribution in [2.45, 2.75) is 12.2 Å². The summed E-state index contributed by atoms with van der Waals surface area (Å²) in [6.45, 7) is -1.06. The molecule has 12 heavy (non-hydrogen) atoms. The van der Waals surface area contributed by atoms with Gasteiger partial charge in [0.05, 0.1) is 0 Å². The zero-order valence-electron chi connectivity index (χ0n) is 6.30. The fourth-order valence-electron chi connectivity index (χ4n) is 0.589. The molecule has 0 aromatic heterocycles. The highest BCUT2D eigenvalue weighted by Crippen LogP contribution is 1.93. The van der Waals surface area contributed by atoms with E-state index in [1.54, 1.807) is 0 Å². The molecule has 1 amide bonds. The molecule has 0 aliphatic heterocycles. The molecule has 0 spiro atoms. The van der Waals surface area contributed by atoms with Crippen molar-refractivity contribution < 1.29 is 24.9 Å². The van der Waals surface area contributed by atoms with Crippen molar-refractivity contribution >= 4 is 12.2 Å². The SMILES string of the molecule is O=CNCC(O)C(O)C(=O)CO. The first kappa shape index (κ1) is 11.0. The molecule has 0 aliphatic carbocycles. The first-order valence-electron chi connectivity index (χ1n) is 3.30. The Morgan fingerprint density at radius 3 is 2.50 bits per heavy atom. The zero-order chi connectivity index (χ0) is 9.56. The Balaban J connectivity index is 3.82. The molecule has 0 heterocycles. The van der Waals surface area contributed by atoms with Crippen LogP contribution in [0.3, 0.4) is 0 Å². The lowest BCUT2D eigenvalue weighted by atomic mass is 10.1. The topological polar surface area (TPSA) is 107 Å². The molecule has 0 fully saturated rings. The van der Waals surface area contributed by atoms with E-state index in [0.29, 0.717) is 6.41 Å². The summed E-state index contributed by atoms with van der Waals surface area (Å²) in [7, 11) is 0. The lowest BCUT2D eigenvalue weighted by Gasteiger charge is -2.14. The van der Waals surface area contributed by atoms with Crippen molar-refractivity contribution in [2.75, 3.05) is 13.2 Å². The average Bonchev–Trinajstić information content (AvgIpc) is 2.11. The second-order valence-electron chi connectivity index (χ2n) is 2.16. The number of hydrogen-bond donors (Lipinski definition) is 4. The third-order valence-corrected chi connectivity index (χ3v) is 1.26. The van der Waals surface area contributed by atoms with Gasteiger partial charge in [-0.3, -0.25) is 9.59 Å². The van der Waals surface area contributed by atoms with E-state index in [2.05, 4.69) is 5.32 Å². The van der Waals surface area contributed by atoms with Crippen LogP contribution in [0.1, 0.15) is 0 Å². The summed E-state index contributed by atoms with van der Waals surface area (Å²) < 4.78 is 0. The summed E-state index contributed by atoms with van der Waals surface area (Å²) in [6, 6.07) is 0. The number of carbonyl (C=O) groups is 2. The largest absolute Gasteiger partial charge is 0.388 e. The Kier molecular flexibility index (Phi) is 5.18. The smallest absolute Gasteiger partial charge is 0.207 e. The Hall–Kier alpha value is -0.980. The molecule has 0 bridgehead atoms. The average molecular weight is 177 g/mol. The normalized spacial score (nSPS) is 14.9.